The molecule has 0 aromatic heterocycles. The van der Waals surface area contributed by atoms with Gasteiger partial charge in [-0.25, -0.2) is 4.79 Å². The smallest absolute Gasteiger partial charge is 0.319 e. The zero-order chi connectivity index (χ0) is 15.8. The van der Waals surface area contributed by atoms with Gasteiger partial charge in [-0.15, -0.1) is 0 Å². The molecule has 6 heteroatoms. The third kappa shape index (κ3) is 7.31. The molecule has 21 heavy (non-hydrogen) atoms. The van der Waals surface area contributed by atoms with Crippen LogP contribution in [0.5, 0.6) is 0 Å². The van der Waals surface area contributed by atoms with Crippen LogP contribution in [0.3, 0.4) is 0 Å². The number of hydrogen-bond acceptors (Lipinski definition) is 3. The van der Waals surface area contributed by atoms with Crippen LogP contribution in [-0.4, -0.2) is 48.7 Å². The molecule has 0 fully saturated rings. The summed E-state index contributed by atoms with van der Waals surface area (Å²) in [6, 6.07) is 6.99. The number of urea groups is 1. The van der Waals surface area contributed by atoms with Crippen molar-refractivity contribution < 1.29 is 14.7 Å². The first kappa shape index (κ1) is 17.0. The van der Waals surface area contributed by atoms with Crippen LogP contribution in [0.25, 0.3) is 0 Å². The van der Waals surface area contributed by atoms with Gasteiger partial charge in [0.15, 0.2) is 0 Å². The molecule has 1 atom stereocenters. The zero-order valence-electron chi connectivity index (χ0n) is 12.7. The minimum Gasteiger partial charge on any atom is -0.481 e. The van der Waals surface area contributed by atoms with E-state index in [0.717, 1.165) is 12.1 Å². The van der Waals surface area contributed by atoms with E-state index in [1.165, 1.54) is 0 Å². The van der Waals surface area contributed by atoms with Crippen molar-refractivity contribution in [2.45, 2.75) is 25.8 Å². The second-order valence-corrected chi connectivity index (χ2v) is 5.36. The van der Waals surface area contributed by atoms with Gasteiger partial charge in [0.05, 0.1) is 0 Å². The molecule has 0 saturated heterocycles. The number of aryl methyl sites for hydroxylation is 1. The highest BCUT2D eigenvalue weighted by Gasteiger charge is 2.08. The number of nitrogens with one attached hydrogen (secondary N) is 2. The van der Waals surface area contributed by atoms with Crippen LogP contribution in [-0.2, 0) is 11.2 Å². The molecule has 1 aromatic carbocycles. The van der Waals surface area contributed by atoms with Crippen molar-refractivity contribution in [3.8, 4) is 0 Å². The SMILES string of the molecule is CC(CN(C)C)NC(=O)Nc1cccc(CCC(=O)O)c1. The summed E-state index contributed by atoms with van der Waals surface area (Å²) in [7, 11) is 3.89. The molecule has 0 saturated carbocycles. The van der Waals surface area contributed by atoms with Crippen molar-refractivity contribution >= 4 is 17.7 Å². The minimum atomic E-state index is -0.830. The monoisotopic (exact) mass is 293 g/mol. The number of nitrogens with zero attached hydrogens (tertiary/aromatic N) is 1. The first-order chi connectivity index (χ1) is 9.86. The maximum atomic E-state index is 11.8. The lowest BCUT2D eigenvalue weighted by molar-refractivity contribution is -0.136. The molecule has 1 aromatic rings. The van der Waals surface area contributed by atoms with Gasteiger partial charge in [-0.2, -0.15) is 0 Å². The van der Waals surface area contributed by atoms with Crippen molar-refractivity contribution in [3.63, 3.8) is 0 Å². The van der Waals surface area contributed by atoms with Gasteiger partial charge in [0.2, 0.25) is 0 Å². The summed E-state index contributed by atoms with van der Waals surface area (Å²) in [5.41, 5.74) is 1.55. The van der Waals surface area contributed by atoms with E-state index in [1.54, 1.807) is 18.2 Å². The Morgan fingerprint density at radius 3 is 2.67 bits per heavy atom. The molecular formula is C15H23N3O3. The predicted molar refractivity (Wildman–Crippen MR) is 82.6 cm³/mol. The van der Waals surface area contributed by atoms with Gasteiger partial charge in [0.1, 0.15) is 0 Å². The van der Waals surface area contributed by atoms with Gasteiger partial charge < -0.3 is 20.6 Å². The molecule has 0 radical (unpaired) electrons. The Morgan fingerprint density at radius 1 is 1.33 bits per heavy atom. The standard InChI is InChI=1S/C15H23N3O3/c1-11(10-18(2)3)16-15(21)17-13-6-4-5-12(9-13)7-8-14(19)20/h4-6,9,11H,7-8,10H2,1-3H3,(H,19,20)(H2,16,17,21). The average molecular weight is 293 g/mol. The summed E-state index contributed by atoms with van der Waals surface area (Å²) < 4.78 is 0. The first-order valence-electron chi connectivity index (χ1n) is 6.90. The Labute approximate surface area is 125 Å². The molecular weight excluding hydrogens is 270 g/mol. The van der Waals surface area contributed by atoms with E-state index in [1.807, 2.05) is 32.0 Å². The molecule has 1 unspecified atom stereocenters. The Kier molecular flexibility index (Phi) is 6.68. The Bertz CT molecular complexity index is 489. The van der Waals surface area contributed by atoms with Gasteiger partial charge in [0.25, 0.3) is 0 Å². The molecule has 0 bridgehead atoms. The third-order valence-electron chi connectivity index (χ3n) is 2.83. The normalized spacial score (nSPS) is 12.0. The van der Waals surface area contributed by atoms with E-state index >= 15 is 0 Å². The number of anilines is 1. The fourth-order valence-corrected chi connectivity index (χ4v) is 2.04. The number of rotatable bonds is 7. The number of carbonyl (C=O) groups is 2. The average Bonchev–Trinajstić information content (AvgIpc) is 2.35. The van der Waals surface area contributed by atoms with E-state index in [2.05, 4.69) is 10.6 Å². The molecule has 3 N–H and O–H groups in total. The summed E-state index contributed by atoms with van der Waals surface area (Å²) in [6.07, 6.45) is 0.527. The summed E-state index contributed by atoms with van der Waals surface area (Å²) in [5.74, 6) is -0.830. The second kappa shape index (κ2) is 8.26. The molecule has 2 amide bonds. The molecule has 0 aliphatic heterocycles. The quantitative estimate of drug-likeness (QED) is 0.715. The summed E-state index contributed by atoms with van der Waals surface area (Å²) in [4.78, 5) is 24.4. The van der Waals surface area contributed by atoms with Gasteiger partial charge in [-0.1, -0.05) is 12.1 Å². The number of amides is 2. The van der Waals surface area contributed by atoms with Crippen molar-refractivity contribution in [3.05, 3.63) is 29.8 Å². The van der Waals surface area contributed by atoms with Gasteiger partial charge in [-0.05, 0) is 45.1 Å². The Morgan fingerprint density at radius 2 is 2.05 bits per heavy atom. The maximum Gasteiger partial charge on any atom is 0.319 e. The van der Waals surface area contributed by atoms with Crippen LogP contribution < -0.4 is 10.6 Å². The lowest BCUT2D eigenvalue weighted by Crippen LogP contribution is -2.41. The summed E-state index contributed by atoms with van der Waals surface area (Å²) in [6.45, 7) is 2.69. The van der Waals surface area contributed by atoms with Gasteiger partial charge in [0, 0.05) is 24.7 Å². The van der Waals surface area contributed by atoms with Crippen molar-refractivity contribution in [1.29, 1.82) is 0 Å². The van der Waals surface area contributed by atoms with Crippen molar-refractivity contribution in [2.24, 2.45) is 0 Å². The van der Waals surface area contributed by atoms with E-state index in [9.17, 15) is 9.59 Å². The fraction of sp³-hybridized carbons (Fsp3) is 0.467. The topological polar surface area (TPSA) is 81.7 Å². The highest BCUT2D eigenvalue weighted by atomic mass is 16.4. The molecule has 0 spiro atoms. The number of carboxylic acids is 1. The minimum absolute atomic E-state index is 0.0372. The van der Waals surface area contributed by atoms with Crippen LogP contribution in [0.4, 0.5) is 10.5 Å². The van der Waals surface area contributed by atoms with Crippen LogP contribution in [0.15, 0.2) is 24.3 Å². The summed E-state index contributed by atoms with van der Waals surface area (Å²) >= 11 is 0. The largest absolute Gasteiger partial charge is 0.481 e. The Balaban J connectivity index is 2.52. The Hall–Kier alpha value is -2.08. The molecule has 1 rings (SSSR count). The van der Waals surface area contributed by atoms with Crippen molar-refractivity contribution in [1.82, 2.24) is 10.2 Å². The number of carbonyl (C=O) groups excluding carboxylic acids is 1. The number of aliphatic carboxylic acids is 1. The van der Waals surface area contributed by atoms with Crippen LogP contribution >= 0.6 is 0 Å². The predicted octanol–water partition coefficient (Wildman–Crippen LogP) is 1.78. The van der Waals surface area contributed by atoms with E-state index < -0.39 is 5.97 Å². The van der Waals surface area contributed by atoms with Gasteiger partial charge >= 0.3 is 12.0 Å². The highest BCUT2D eigenvalue weighted by molar-refractivity contribution is 5.89. The molecule has 0 aliphatic rings. The third-order valence-corrected chi connectivity index (χ3v) is 2.83. The van der Waals surface area contributed by atoms with Crippen LogP contribution in [0, 0.1) is 0 Å². The molecule has 116 valence electrons. The highest BCUT2D eigenvalue weighted by Crippen LogP contribution is 2.12. The number of benzene rings is 1. The van der Waals surface area contributed by atoms with Crippen LogP contribution in [0.1, 0.15) is 18.9 Å². The maximum absolute atomic E-state index is 11.8. The lowest BCUT2D eigenvalue weighted by atomic mass is 10.1. The molecule has 6 nitrogen and oxygen atoms in total. The lowest BCUT2D eigenvalue weighted by Gasteiger charge is -2.18. The van der Waals surface area contributed by atoms with E-state index in [-0.39, 0.29) is 18.5 Å². The molecule has 0 heterocycles. The summed E-state index contributed by atoms with van der Waals surface area (Å²) in [5, 5.41) is 14.3. The first-order valence-corrected chi connectivity index (χ1v) is 6.90. The fourth-order valence-electron chi connectivity index (χ4n) is 2.04. The van der Waals surface area contributed by atoms with E-state index in [0.29, 0.717) is 12.1 Å². The number of hydrogen-bond donors (Lipinski definition) is 3. The number of likely N-dealkylation sites (N-methyl/N-ethyl adjacent to an activating group) is 1. The second-order valence-electron chi connectivity index (χ2n) is 5.36. The van der Waals surface area contributed by atoms with E-state index in [4.69, 9.17) is 5.11 Å². The van der Waals surface area contributed by atoms with Gasteiger partial charge in [-0.3, -0.25) is 4.79 Å². The zero-order valence-corrected chi connectivity index (χ0v) is 12.7. The molecule has 0 aliphatic carbocycles. The van der Waals surface area contributed by atoms with Crippen LogP contribution in [0.2, 0.25) is 0 Å². The number of carboxylic acid groups (broad SMARTS) is 1. The van der Waals surface area contributed by atoms with Crippen molar-refractivity contribution in [2.75, 3.05) is 26.0 Å².